The summed E-state index contributed by atoms with van der Waals surface area (Å²) in [6.07, 6.45) is 2.38. The second kappa shape index (κ2) is 6.82. The predicted octanol–water partition coefficient (Wildman–Crippen LogP) is 5.32. The largest absolute Gasteiger partial charge is 0.313 e. The molecule has 2 heteroatoms. The molecule has 2 nitrogen and oxygen atoms in total. The molecule has 1 saturated heterocycles. The Bertz CT molecular complexity index is 663. The summed E-state index contributed by atoms with van der Waals surface area (Å²) in [5.41, 5.74) is 8.69. The number of anilines is 2. The Balaban J connectivity index is 2.10. The van der Waals surface area contributed by atoms with E-state index in [4.69, 9.17) is 0 Å². The molecule has 1 N–H and O–H groups in total. The monoisotopic (exact) mass is 320 g/mol. The molecule has 0 saturated carbocycles. The summed E-state index contributed by atoms with van der Waals surface area (Å²) in [4.78, 5) is 2.34. The molecule has 0 spiro atoms. The number of nitrogens with one attached hydrogen (secondary N) is 1. The summed E-state index contributed by atoms with van der Waals surface area (Å²) in [6, 6.07) is 13.8. The lowest BCUT2D eigenvalue weighted by Crippen LogP contribution is -2.32. The third-order valence-corrected chi connectivity index (χ3v) is 4.68. The van der Waals surface area contributed by atoms with Crippen molar-refractivity contribution >= 4 is 11.4 Å². The molecular formula is C22H28N2. The minimum Gasteiger partial charge on any atom is -0.313 e. The van der Waals surface area contributed by atoms with Crippen molar-refractivity contribution in [3.63, 3.8) is 0 Å². The van der Waals surface area contributed by atoms with Crippen LogP contribution in [0.4, 0.5) is 11.4 Å². The summed E-state index contributed by atoms with van der Waals surface area (Å²) < 4.78 is 0. The van der Waals surface area contributed by atoms with Gasteiger partial charge >= 0.3 is 0 Å². The number of rotatable bonds is 4. The van der Waals surface area contributed by atoms with E-state index in [1.165, 1.54) is 40.0 Å². The zero-order chi connectivity index (χ0) is 17.3. The Morgan fingerprint density at radius 3 is 1.71 bits per heavy atom. The number of hydrogen-bond donors (Lipinski definition) is 1. The molecule has 126 valence electrons. The molecule has 2 aromatic rings. The maximum absolute atomic E-state index is 4.47. The highest BCUT2D eigenvalue weighted by atomic mass is 15.2. The van der Waals surface area contributed by atoms with Crippen molar-refractivity contribution in [2.45, 2.75) is 46.6 Å². The molecule has 1 unspecified atom stereocenters. The SMILES string of the molecule is C=C(C1CCCN1)N(c1cc(C)cc(C)c1)c1cc(C)cc(C)c1. The molecule has 1 aliphatic rings. The molecule has 0 aromatic heterocycles. The highest BCUT2D eigenvalue weighted by Gasteiger charge is 2.24. The van der Waals surface area contributed by atoms with Gasteiger partial charge in [0.15, 0.2) is 0 Å². The molecule has 24 heavy (non-hydrogen) atoms. The van der Waals surface area contributed by atoms with E-state index in [1.807, 2.05) is 0 Å². The maximum Gasteiger partial charge on any atom is 0.0473 e. The van der Waals surface area contributed by atoms with Gasteiger partial charge in [0, 0.05) is 23.1 Å². The normalized spacial score (nSPS) is 17.1. The average Bonchev–Trinajstić information content (AvgIpc) is 2.99. The van der Waals surface area contributed by atoms with E-state index >= 15 is 0 Å². The fourth-order valence-corrected chi connectivity index (χ4v) is 3.77. The molecule has 1 aliphatic heterocycles. The minimum absolute atomic E-state index is 0.353. The van der Waals surface area contributed by atoms with Gasteiger partial charge in [-0.2, -0.15) is 0 Å². The van der Waals surface area contributed by atoms with Gasteiger partial charge in [-0.15, -0.1) is 0 Å². The molecule has 1 heterocycles. The summed E-state index contributed by atoms with van der Waals surface area (Å²) in [7, 11) is 0. The van der Waals surface area contributed by atoms with Crippen LogP contribution in [0.25, 0.3) is 0 Å². The van der Waals surface area contributed by atoms with Crippen molar-refractivity contribution in [1.82, 2.24) is 5.32 Å². The Kier molecular flexibility index (Phi) is 4.77. The second-order valence-electron chi connectivity index (χ2n) is 7.17. The molecule has 0 bridgehead atoms. The van der Waals surface area contributed by atoms with E-state index in [-0.39, 0.29) is 0 Å². The maximum atomic E-state index is 4.47. The first-order valence-electron chi connectivity index (χ1n) is 8.83. The molecule has 1 atom stereocenters. The highest BCUT2D eigenvalue weighted by Crippen LogP contribution is 2.34. The van der Waals surface area contributed by atoms with Gasteiger partial charge in [0.1, 0.15) is 0 Å². The van der Waals surface area contributed by atoms with Crippen molar-refractivity contribution in [3.05, 3.63) is 70.9 Å². The Morgan fingerprint density at radius 2 is 1.33 bits per heavy atom. The molecule has 0 radical (unpaired) electrons. The Labute approximate surface area is 146 Å². The lowest BCUT2D eigenvalue weighted by molar-refractivity contribution is 0.678. The fourth-order valence-electron chi connectivity index (χ4n) is 3.77. The Morgan fingerprint density at radius 1 is 0.875 bits per heavy atom. The summed E-state index contributed by atoms with van der Waals surface area (Å²) in [6.45, 7) is 14.2. The number of aryl methyl sites for hydroxylation is 4. The van der Waals surface area contributed by atoms with Crippen LogP contribution in [0, 0.1) is 27.7 Å². The first kappa shape index (κ1) is 16.8. The van der Waals surface area contributed by atoms with Gasteiger partial charge in [-0.05, 0) is 93.6 Å². The van der Waals surface area contributed by atoms with Gasteiger partial charge in [0.25, 0.3) is 0 Å². The van der Waals surface area contributed by atoms with Gasteiger partial charge in [-0.3, -0.25) is 0 Å². The highest BCUT2D eigenvalue weighted by molar-refractivity contribution is 5.71. The zero-order valence-corrected chi connectivity index (χ0v) is 15.3. The van der Waals surface area contributed by atoms with E-state index in [0.717, 1.165) is 18.7 Å². The first-order valence-corrected chi connectivity index (χ1v) is 8.83. The molecule has 2 aromatic carbocycles. The summed E-state index contributed by atoms with van der Waals surface area (Å²) in [5.74, 6) is 0. The third kappa shape index (κ3) is 3.54. The van der Waals surface area contributed by atoms with Gasteiger partial charge in [0.05, 0.1) is 0 Å². The van der Waals surface area contributed by atoms with Crippen molar-refractivity contribution in [1.29, 1.82) is 0 Å². The van der Waals surface area contributed by atoms with Crippen LogP contribution in [0.5, 0.6) is 0 Å². The predicted molar refractivity (Wildman–Crippen MR) is 104 cm³/mol. The van der Waals surface area contributed by atoms with E-state index in [9.17, 15) is 0 Å². The molecule has 1 fully saturated rings. The van der Waals surface area contributed by atoms with Crippen LogP contribution in [0.15, 0.2) is 48.7 Å². The summed E-state index contributed by atoms with van der Waals surface area (Å²) in [5, 5.41) is 3.59. The van der Waals surface area contributed by atoms with Crippen LogP contribution >= 0.6 is 0 Å². The topological polar surface area (TPSA) is 15.3 Å². The van der Waals surface area contributed by atoms with Gasteiger partial charge in [0.2, 0.25) is 0 Å². The average molecular weight is 320 g/mol. The van der Waals surface area contributed by atoms with Crippen LogP contribution in [0.3, 0.4) is 0 Å². The zero-order valence-electron chi connectivity index (χ0n) is 15.3. The fraction of sp³-hybridized carbons (Fsp3) is 0.364. The van der Waals surface area contributed by atoms with Crippen molar-refractivity contribution in [2.24, 2.45) is 0 Å². The Hall–Kier alpha value is -2.06. The van der Waals surface area contributed by atoms with Crippen molar-refractivity contribution < 1.29 is 0 Å². The minimum atomic E-state index is 0.353. The van der Waals surface area contributed by atoms with Crippen LogP contribution in [-0.4, -0.2) is 12.6 Å². The van der Waals surface area contributed by atoms with Gasteiger partial charge < -0.3 is 10.2 Å². The summed E-state index contributed by atoms with van der Waals surface area (Å²) >= 11 is 0. The van der Waals surface area contributed by atoms with Crippen molar-refractivity contribution in [3.8, 4) is 0 Å². The second-order valence-corrected chi connectivity index (χ2v) is 7.17. The van der Waals surface area contributed by atoms with Crippen LogP contribution in [-0.2, 0) is 0 Å². The van der Waals surface area contributed by atoms with Crippen LogP contribution in [0.2, 0.25) is 0 Å². The van der Waals surface area contributed by atoms with Gasteiger partial charge in [-0.1, -0.05) is 18.7 Å². The number of benzene rings is 2. The lowest BCUT2D eigenvalue weighted by atomic mass is 10.0. The standard InChI is InChI=1S/C22H28N2/c1-15-9-16(2)12-20(11-15)24(19(5)22-7-6-8-23-22)21-13-17(3)10-18(4)14-21/h9-14,22-23H,5-8H2,1-4H3. The van der Waals surface area contributed by atoms with Crippen molar-refractivity contribution in [2.75, 3.05) is 11.4 Å². The van der Waals surface area contributed by atoms with E-state index in [1.54, 1.807) is 0 Å². The quantitative estimate of drug-likeness (QED) is 0.819. The number of nitrogens with zero attached hydrogens (tertiary/aromatic N) is 1. The first-order chi connectivity index (χ1) is 11.4. The molecule has 0 aliphatic carbocycles. The lowest BCUT2D eigenvalue weighted by Gasteiger charge is -2.31. The van der Waals surface area contributed by atoms with E-state index in [0.29, 0.717) is 6.04 Å². The van der Waals surface area contributed by atoms with Gasteiger partial charge in [-0.25, -0.2) is 0 Å². The molecule has 3 rings (SSSR count). The van der Waals surface area contributed by atoms with Crippen LogP contribution < -0.4 is 10.2 Å². The third-order valence-electron chi connectivity index (χ3n) is 4.68. The van der Waals surface area contributed by atoms with E-state index < -0.39 is 0 Å². The molecular weight excluding hydrogens is 292 g/mol. The van der Waals surface area contributed by atoms with Crippen LogP contribution in [0.1, 0.15) is 35.1 Å². The smallest absolute Gasteiger partial charge is 0.0473 e. The molecule has 0 amide bonds. The van der Waals surface area contributed by atoms with E-state index in [2.05, 4.69) is 80.9 Å². The number of hydrogen-bond acceptors (Lipinski definition) is 2.